The van der Waals surface area contributed by atoms with Crippen molar-refractivity contribution in [3.63, 3.8) is 0 Å². The van der Waals surface area contributed by atoms with Crippen molar-refractivity contribution in [3.05, 3.63) is 124 Å². The lowest BCUT2D eigenvalue weighted by Gasteiger charge is -2.23. The highest BCUT2D eigenvalue weighted by Crippen LogP contribution is 2.35. The Morgan fingerprint density at radius 2 is 1.49 bits per heavy atom. The van der Waals surface area contributed by atoms with Gasteiger partial charge in [-0.1, -0.05) is 89.9 Å². The number of amides is 2. The van der Waals surface area contributed by atoms with Crippen molar-refractivity contribution in [3.8, 4) is 11.1 Å². The maximum Gasteiger partial charge on any atom is 0.342 e. The van der Waals surface area contributed by atoms with Gasteiger partial charge in [0.15, 0.2) is 0 Å². The first-order valence-corrected chi connectivity index (χ1v) is 12.1. The Kier molecular flexibility index (Phi) is 6.58. The molecule has 0 saturated carbocycles. The van der Waals surface area contributed by atoms with E-state index in [9.17, 15) is 4.79 Å². The number of urea groups is 1. The molecular formula is C29H23Cl2N3O. The number of carbonyl (C=O) groups is 1. The van der Waals surface area contributed by atoms with Gasteiger partial charge in [-0.25, -0.2) is 9.80 Å². The van der Waals surface area contributed by atoms with Crippen LogP contribution in [-0.4, -0.2) is 16.8 Å². The van der Waals surface area contributed by atoms with E-state index in [4.69, 9.17) is 28.3 Å². The molecule has 0 aromatic heterocycles. The first kappa shape index (κ1) is 23.2. The number of nitrogens with one attached hydrogen (secondary N) is 1. The van der Waals surface area contributed by atoms with Gasteiger partial charge in [0.2, 0.25) is 0 Å². The number of anilines is 1. The SMILES string of the molecule is Cc1c(NC(=O)N2N=C(c3ccc(Cl)cc3)CC2c2ccc(Cl)cc2)cccc1-c1ccccc1. The Hall–Kier alpha value is -3.60. The quantitative estimate of drug-likeness (QED) is 0.301. The monoisotopic (exact) mass is 499 g/mol. The summed E-state index contributed by atoms with van der Waals surface area (Å²) in [5, 5.41) is 10.7. The van der Waals surface area contributed by atoms with Gasteiger partial charge in [0.1, 0.15) is 0 Å². The molecule has 4 aromatic rings. The fourth-order valence-electron chi connectivity index (χ4n) is 4.33. The van der Waals surface area contributed by atoms with Crippen LogP contribution in [0.15, 0.2) is 102 Å². The van der Waals surface area contributed by atoms with E-state index in [0.29, 0.717) is 16.5 Å². The number of hydrogen-bond donors (Lipinski definition) is 1. The molecule has 35 heavy (non-hydrogen) atoms. The molecule has 5 rings (SSSR count). The molecular weight excluding hydrogens is 477 g/mol. The first-order chi connectivity index (χ1) is 17.0. The van der Waals surface area contributed by atoms with Gasteiger partial charge in [0.05, 0.1) is 11.8 Å². The largest absolute Gasteiger partial charge is 0.342 e. The molecule has 4 aromatic carbocycles. The molecule has 0 radical (unpaired) electrons. The molecule has 1 aliphatic rings. The average Bonchev–Trinajstić information content (AvgIpc) is 3.32. The highest BCUT2D eigenvalue weighted by Gasteiger charge is 2.33. The van der Waals surface area contributed by atoms with Gasteiger partial charge in [0, 0.05) is 22.2 Å². The van der Waals surface area contributed by atoms with E-state index < -0.39 is 0 Å². The lowest BCUT2D eigenvalue weighted by molar-refractivity contribution is 0.200. The number of rotatable bonds is 4. The third kappa shape index (κ3) is 4.95. The number of hydrogen-bond acceptors (Lipinski definition) is 2. The summed E-state index contributed by atoms with van der Waals surface area (Å²) >= 11 is 12.2. The zero-order chi connectivity index (χ0) is 24.4. The topological polar surface area (TPSA) is 44.7 Å². The van der Waals surface area contributed by atoms with Crippen molar-refractivity contribution in [2.24, 2.45) is 5.10 Å². The van der Waals surface area contributed by atoms with Crippen LogP contribution in [0.4, 0.5) is 10.5 Å². The predicted octanol–water partition coefficient (Wildman–Crippen LogP) is 8.35. The van der Waals surface area contributed by atoms with E-state index >= 15 is 0 Å². The minimum absolute atomic E-state index is 0.254. The molecule has 1 N–H and O–H groups in total. The van der Waals surface area contributed by atoms with Crippen molar-refractivity contribution < 1.29 is 4.79 Å². The van der Waals surface area contributed by atoms with Crippen LogP contribution in [0.3, 0.4) is 0 Å². The smallest absolute Gasteiger partial charge is 0.306 e. The van der Waals surface area contributed by atoms with E-state index in [1.807, 2.05) is 85.8 Å². The third-order valence-electron chi connectivity index (χ3n) is 6.21. The molecule has 0 spiro atoms. The zero-order valence-electron chi connectivity index (χ0n) is 19.1. The lowest BCUT2D eigenvalue weighted by atomic mass is 9.98. The molecule has 0 aliphatic carbocycles. The molecule has 1 unspecified atom stereocenters. The molecule has 2 amide bonds. The van der Waals surface area contributed by atoms with Crippen molar-refractivity contribution in [2.75, 3.05) is 5.32 Å². The number of halogens is 2. The van der Waals surface area contributed by atoms with Crippen molar-refractivity contribution >= 4 is 40.6 Å². The number of benzene rings is 4. The van der Waals surface area contributed by atoms with E-state index in [1.54, 1.807) is 0 Å². The van der Waals surface area contributed by atoms with Crippen molar-refractivity contribution in [1.82, 2.24) is 5.01 Å². The van der Waals surface area contributed by atoms with Gasteiger partial charge in [-0.15, -0.1) is 0 Å². The van der Waals surface area contributed by atoms with Gasteiger partial charge in [-0.05, 0) is 65.1 Å². The molecule has 1 aliphatic heterocycles. The van der Waals surface area contributed by atoms with E-state index in [2.05, 4.69) is 23.5 Å². The van der Waals surface area contributed by atoms with Gasteiger partial charge >= 0.3 is 6.03 Å². The number of hydrazone groups is 1. The normalized spacial score (nSPS) is 15.1. The number of carbonyl (C=O) groups excluding carboxylic acids is 1. The van der Waals surface area contributed by atoms with Gasteiger partial charge < -0.3 is 5.32 Å². The minimum Gasteiger partial charge on any atom is -0.306 e. The van der Waals surface area contributed by atoms with Crippen LogP contribution >= 0.6 is 23.2 Å². The molecule has 174 valence electrons. The molecule has 0 fully saturated rings. The van der Waals surface area contributed by atoms with Gasteiger partial charge in [0.25, 0.3) is 0 Å². The average molecular weight is 500 g/mol. The Morgan fingerprint density at radius 1 is 0.829 bits per heavy atom. The Balaban J connectivity index is 1.47. The van der Waals surface area contributed by atoms with E-state index in [0.717, 1.165) is 39.2 Å². The van der Waals surface area contributed by atoms with Crippen molar-refractivity contribution in [1.29, 1.82) is 0 Å². The second-order valence-electron chi connectivity index (χ2n) is 8.44. The summed E-state index contributed by atoms with van der Waals surface area (Å²) in [5.74, 6) is 0. The summed E-state index contributed by atoms with van der Waals surface area (Å²) < 4.78 is 0. The summed E-state index contributed by atoms with van der Waals surface area (Å²) in [6.45, 7) is 2.01. The molecule has 4 nitrogen and oxygen atoms in total. The first-order valence-electron chi connectivity index (χ1n) is 11.3. The van der Waals surface area contributed by atoms with Crippen LogP contribution < -0.4 is 5.32 Å². The summed E-state index contributed by atoms with van der Waals surface area (Å²) in [7, 11) is 0. The Bertz CT molecular complexity index is 1380. The second-order valence-corrected chi connectivity index (χ2v) is 9.32. The van der Waals surface area contributed by atoms with Gasteiger partial charge in [-0.2, -0.15) is 5.10 Å². The van der Waals surface area contributed by atoms with E-state index in [-0.39, 0.29) is 12.1 Å². The van der Waals surface area contributed by atoms with Gasteiger partial charge in [-0.3, -0.25) is 0 Å². The fraction of sp³-hybridized carbons (Fsp3) is 0.103. The molecule has 6 heteroatoms. The number of nitrogens with zero attached hydrogens (tertiary/aromatic N) is 2. The highest BCUT2D eigenvalue weighted by molar-refractivity contribution is 6.31. The highest BCUT2D eigenvalue weighted by atomic mass is 35.5. The Labute approximate surface area is 214 Å². The molecule has 1 heterocycles. The minimum atomic E-state index is -0.290. The molecule has 1 atom stereocenters. The van der Waals surface area contributed by atoms with Crippen LogP contribution in [0, 0.1) is 6.92 Å². The van der Waals surface area contributed by atoms with Crippen LogP contribution in [0.5, 0.6) is 0 Å². The van der Waals surface area contributed by atoms with Crippen LogP contribution in [0.1, 0.15) is 29.2 Å². The molecule has 0 bridgehead atoms. The maximum absolute atomic E-state index is 13.6. The summed E-state index contributed by atoms with van der Waals surface area (Å²) in [4.78, 5) is 13.6. The lowest BCUT2D eigenvalue weighted by Crippen LogP contribution is -2.31. The fourth-order valence-corrected chi connectivity index (χ4v) is 4.58. The molecule has 0 saturated heterocycles. The second kappa shape index (κ2) is 9.95. The standard InChI is InChI=1S/C29H23Cl2N3O/c1-19-25(20-6-3-2-4-7-20)8-5-9-26(19)32-29(35)34-28(22-12-16-24(31)17-13-22)18-27(33-34)21-10-14-23(30)15-11-21/h2-17,28H,18H2,1H3,(H,32,35). The van der Waals surface area contributed by atoms with Crippen LogP contribution in [0.2, 0.25) is 10.0 Å². The maximum atomic E-state index is 13.6. The van der Waals surface area contributed by atoms with Crippen LogP contribution in [0.25, 0.3) is 11.1 Å². The van der Waals surface area contributed by atoms with Crippen molar-refractivity contribution in [2.45, 2.75) is 19.4 Å². The zero-order valence-corrected chi connectivity index (χ0v) is 20.6. The predicted molar refractivity (Wildman–Crippen MR) is 144 cm³/mol. The summed E-state index contributed by atoms with van der Waals surface area (Å²) in [6.07, 6.45) is 0.583. The van der Waals surface area contributed by atoms with E-state index in [1.165, 1.54) is 5.01 Å². The third-order valence-corrected chi connectivity index (χ3v) is 6.71. The summed E-state index contributed by atoms with van der Waals surface area (Å²) in [6, 6.07) is 30.6. The summed E-state index contributed by atoms with van der Waals surface area (Å²) in [5.41, 5.74) is 6.65. The van der Waals surface area contributed by atoms with Crippen LogP contribution in [-0.2, 0) is 0 Å². The Morgan fingerprint density at radius 3 is 2.17 bits per heavy atom.